The van der Waals surface area contributed by atoms with Crippen LogP contribution in [-0.2, 0) is 6.54 Å². The highest BCUT2D eigenvalue weighted by Gasteiger charge is 2.22. The van der Waals surface area contributed by atoms with Crippen molar-refractivity contribution in [2.45, 2.75) is 12.6 Å². The molecule has 0 spiro atoms. The van der Waals surface area contributed by atoms with Crippen LogP contribution in [0.25, 0.3) is 0 Å². The van der Waals surface area contributed by atoms with Gasteiger partial charge in [0.05, 0.1) is 12.6 Å². The molecule has 0 aliphatic rings. The first kappa shape index (κ1) is 19.5. The number of hydrogen-bond donors (Lipinski definition) is 1. The van der Waals surface area contributed by atoms with Crippen molar-refractivity contribution in [2.75, 3.05) is 4.90 Å². The van der Waals surface area contributed by atoms with E-state index in [1.165, 1.54) is 0 Å². The van der Waals surface area contributed by atoms with Crippen LogP contribution >= 0.6 is 0 Å². The normalized spacial score (nSPS) is 10.6. The van der Waals surface area contributed by atoms with E-state index in [0.29, 0.717) is 6.54 Å². The van der Waals surface area contributed by atoms with E-state index in [2.05, 4.69) is 5.32 Å². The van der Waals surface area contributed by atoms with Crippen LogP contribution < -0.4 is 10.2 Å². The van der Waals surface area contributed by atoms with Crippen LogP contribution in [0.1, 0.15) is 22.7 Å². The fourth-order valence-corrected chi connectivity index (χ4v) is 3.51. The van der Waals surface area contributed by atoms with Gasteiger partial charge in [0.2, 0.25) is 0 Å². The van der Waals surface area contributed by atoms with Crippen LogP contribution in [0.2, 0.25) is 0 Å². The minimum atomic E-state index is -0.234. The zero-order valence-electron chi connectivity index (χ0n) is 16.7. The zero-order chi connectivity index (χ0) is 20.6. The molecule has 0 aliphatic carbocycles. The highest BCUT2D eigenvalue weighted by atomic mass is 16.2. The molecule has 1 N–H and O–H groups in total. The lowest BCUT2D eigenvalue weighted by molar-refractivity contribution is 0.244. The van der Waals surface area contributed by atoms with E-state index in [9.17, 15) is 4.79 Å². The van der Waals surface area contributed by atoms with Crippen LogP contribution in [0, 0.1) is 0 Å². The van der Waals surface area contributed by atoms with E-state index >= 15 is 0 Å². The fraction of sp³-hybridized carbons (Fsp3) is 0.0741. The molecule has 3 nitrogen and oxygen atoms in total. The predicted molar refractivity (Wildman–Crippen MR) is 122 cm³/mol. The Balaban J connectivity index is 1.65. The molecule has 0 aliphatic heterocycles. The number of urea groups is 1. The van der Waals surface area contributed by atoms with Crippen LogP contribution in [0.5, 0.6) is 0 Å². The third-order valence-corrected chi connectivity index (χ3v) is 5.03. The monoisotopic (exact) mass is 392 g/mol. The average Bonchev–Trinajstić information content (AvgIpc) is 2.83. The summed E-state index contributed by atoms with van der Waals surface area (Å²) in [5.74, 6) is 0. The summed E-state index contributed by atoms with van der Waals surface area (Å²) in [7, 11) is 0. The molecule has 0 saturated heterocycles. The van der Waals surface area contributed by atoms with Gasteiger partial charge in [-0.05, 0) is 28.8 Å². The van der Waals surface area contributed by atoms with Crippen molar-refractivity contribution in [3.05, 3.63) is 138 Å². The fourth-order valence-electron chi connectivity index (χ4n) is 3.51. The Morgan fingerprint density at radius 1 is 0.633 bits per heavy atom. The summed E-state index contributed by atoms with van der Waals surface area (Å²) in [6.45, 7) is 0.493. The molecule has 0 unspecified atom stereocenters. The molecule has 0 heterocycles. The van der Waals surface area contributed by atoms with Crippen molar-refractivity contribution in [1.29, 1.82) is 0 Å². The summed E-state index contributed by atoms with van der Waals surface area (Å²) in [5, 5.41) is 3.26. The zero-order valence-corrected chi connectivity index (χ0v) is 16.7. The molecule has 4 rings (SSSR count). The Morgan fingerprint density at radius 2 is 1.07 bits per heavy atom. The summed E-state index contributed by atoms with van der Waals surface area (Å²) < 4.78 is 0. The SMILES string of the molecule is O=C(NC(c1ccccc1)c1ccccc1)N(Cc1ccccc1)c1ccccc1. The first-order valence-electron chi connectivity index (χ1n) is 10.1. The largest absolute Gasteiger partial charge is 0.327 e. The third-order valence-electron chi connectivity index (χ3n) is 5.03. The van der Waals surface area contributed by atoms with Crippen LogP contribution in [0.3, 0.4) is 0 Å². The van der Waals surface area contributed by atoms with E-state index in [1.54, 1.807) is 4.90 Å². The molecule has 4 aromatic rings. The van der Waals surface area contributed by atoms with Gasteiger partial charge in [0.1, 0.15) is 0 Å². The first-order chi connectivity index (χ1) is 14.8. The van der Waals surface area contributed by atoms with E-state index in [1.807, 2.05) is 121 Å². The lowest BCUT2D eigenvalue weighted by Crippen LogP contribution is -2.41. The summed E-state index contributed by atoms with van der Waals surface area (Å²) in [6.07, 6.45) is 0. The third kappa shape index (κ3) is 4.76. The highest BCUT2D eigenvalue weighted by molar-refractivity contribution is 5.92. The Hall–Kier alpha value is -3.85. The maximum atomic E-state index is 13.5. The van der Waals surface area contributed by atoms with Gasteiger partial charge in [0.25, 0.3) is 0 Å². The average molecular weight is 393 g/mol. The number of nitrogens with zero attached hydrogens (tertiary/aromatic N) is 1. The topological polar surface area (TPSA) is 32.3 Å². The minimum Gasteiger partial charge on any atom is -0.327 e. The number of rotatable bonds is 6. The summed E-state index contributed by atoms with van der Waals surface area (Å²) in [5.41, 5.74) is 4.03. The summed E-state index contributed by atoms with van der Waals surface area (Å²) in [4.78, 5) is 15.3. The number of benzene rings is 4. The Bertz CT molecular complexity index is 1010. The summed E-state index contributed by atoms with van der Waals surface area (Å²) >= 11 is 0. The molecule has 0 atom stereocenters. The number of para-hydroxylation sites is 1. The van der Waals surface area contributed by atoms with Gasteiger partial charge in [-0.25, -0.2) is 4.79 Å². The smallest absolute Gasteiger partial charge is 0.322 e. The highest BCUT2D eigenvalue weighted by Crippen LogP contribution is 2.24. The van der Waals surface area contributed by atoms with E-state index < -0.39 is 0 Å². The standard InChI is InChI=1S/C27H24N2O/c30-27(28-26(23-15-7-2-8-16-23)24-17-9-3-10-18-24)29(25-19-11-4-12-20-25)21-22-13-5-1-6-14-22/h1-20,26H,21H2,(H,28,30). The van der Waals surface area contributed by atoms with Crippen molar-refractivity contribution in [1.82, 2.24) is 5.32 Å². The van der Waals surface area contributed by atoms with E-state index in [4.69, 9.17) is 0 Å². The molecule has 4 aromatic carbocycles. The molecule has 3 heteroatoms. The first-order valence-corrected chi connectivity index (χ1v) is 10.1. The van der Waals surface area contributed by atoms with Crippen molar-refractivity contribution in [3.63, 3.8) is 0 Å². The maximum absolute atomic E-state index is 13.5. The molecular weight excluding hydrogens is 368 g/mol. The van der Waals surface area contributed by atoms with Gasteiger partial charge in [-0.1, -0.05) is 109 Å². The molecule has 0 bridgehead atoms. The molecule has 0 fully saturated rings. The van der Waals surface area contributed by atoms with E-state index in [0.717, 1.165) is 22.4 Å². The van der Waals surface area contributed by atoms with Gasteiger partial charge in [-0.3, -0.25) is 4.90 Å². The van der Waals surface area contributed by atoms with Crippen molar-refractivity contribution < 1.29 is 4.79 Å². The Morgan fingerprint density at radius 3 is 1.57 bits per heavy atom. The number of carbonyl (C=O) groups is 1. The predicted octanol–water partition coefficient (Wildman–Crippen LogP) is 6.19. The van der Waals surface area contributed by atoms with Gasteiger partial charge < -0.3 is 5.32 Å². The second-order valence-electron chi connectivity index (χ2n) is 7.11. The molecule has 0 saturated carbocycles. The quantitative estimate of drug-likeness (QED) is 0.417. The number of amides is 2. The molecular formula is C27H24N2O. The van der Waals surface area contributed by atoms with Crippen molar-refractivity contribution >= 4 is 11.7 Å². The molecule has 0 radical (unpaired) electrons. The van der Waals surface area contributed by atoms with Gasteiger partial charge in [-0.15, -0.1) is 0 Å². The molecule has 30 heavy (non-hydrogen) atoms. The van der Waals surface area contributed by atoms with Crippen LogP contribution in [-0.4, -0.2) is 6.03 Å². The Labute approximate surface area is 177 Å². The van der Waals surface area contributed by atoms with Gasteiger partial charge in [0, 0.05) is 5.69 Å². The number of nitrogens with one attached hydrogen (secondary N) is 1. The van der Waals surface area contributed by atoms with Gasteiger partial charge in [-0.2, -0.15) is 0 Å². The number of anilines is 1. The lowest BCUT2D eigenvalue weighted by Gasteiger charge is -2.27. The molecule has 148 valence electrons. The summed E-state index contributed by atoms with van der Waals surface area (Å²) in [6, 6.07) is 39.6. The van der Waals surface area contributed by atoms with Crippen LogP contribution in [0.4, 0.5) is 10.5 Å². The number of hydrogen-bond acceptors (Lipinski definition) is 1. The van der Waals surface area contributed by atoms with Crippen molar-refractivity contribution in [2.24, 2.45) is 0 Å². The van der Waals surface area contributed by atoms with Gasteiger partial charge in [0.15, 0.2) is 0 Å². The molecule has 0 aromatic heterocycles. The Kier molecular flexibility index (Phi) is 6.21. The second kappa shape index (κ2) is 9.57. The number of carbonyl (C=O) groups excluding carboxylic acids is 1. The minimum absolute atomic E-state index is 0.136. The van der Waals surface area contributed by atoms with E-state index in [-0.39, 0.29) is 12.1 Å². The lowest BCUT2D eigenvalue weighted by atomic mass is 9.99. The molecule has 2 amide bonds. The van der Waals surface area contributed by atoms with Gasteiger partial charge >= 0.3 is 6.03 Å². The second-order valence-corrected chi connectivity index (χ2v) is 7.11. The maximum Gasteiger partial charge on any atom is 0.322 e. The van der Waals surface area contributed by atoms with Crippen molar-refractivity contribution in [3.8, 4) is 0 Å². The van der Waals surface area contributed by atoms with Crippen LogP contribution in [0.15, 0.2) is 121 Å².